The van der Waals surface area contributed by atoms with Gasteiger partial charge in [-0.1, -0.05) is 19.9 Å². The molecule has 0 spiro atoms. The molecule has 2 amide bonds. The number of carbonyl (C=O) groups excluding carboxylic acids is 2. The second kappa shape index (κ2) is 6.69. The highest BCUT2D eigenvalue weighted by atomic mass is 16.6. The Bertz CT molecular complexity index is 571. The Labute approximate surface area is 121 Å². The lowest BCUT2D eigenvalue weighted by Crippen LogP contribution is -2.40. The van der Waals surface area contributed by atoms with Gasteiger partial charge in [-0.05, 0) is 12.0 Å². The molecule has 0 aliphatic heterocycles. The van der Waals surface area contributed by atoms with Gasteiger partial charge in [0, 0.05) is 12.6 Å². The molecule has 8 nitrogen and oxygen atoms in total. The summed E-state index contributed by atoms with van der Waals surface area (Å²) in [6, 6.07) is 3.65. The molecule has 1 aromatic carbocycles. The number of nitro groups is 1. The van der Waals surface area contributed by atoms with Crippen molar-refractivity contribution in [3.05, 3.63) is 33.9 Å². The van der Waals surface area contributed by atoms with Gasteiger partial charge in [0.15, 0.2) is 0 Å². The third-order valence-corrected chi connectivity index (χ3v) is 2.66. The number of carbonyl (C=O) groups is 2. The van der Waals surface area contributed by atoms with Crippen molar-refractivity contribution in [2.45, 2.75) is 13.8 Å². The van der Waals surface area contributed by atoms with Crippen molar-refractivity contribution in [3.8, 4) is 5.75 Å². The molecule has 0 saturated carbocycles. The van der Waals surface area contributed by atoms with Crippen molar-refractivity contribution in [2.24, 2.45) is 11.7 Å². The Balaban J connectivity index is 3.17. The number of benzene rings is 1. The van der Waals surface area contributed by atoms with Gasteiger partial charge in [-0.25, -0.2) is 0 Å². The fourth-order valence-corrected chi connectivity index (χ4v) is 1.87. The number of nitrogens with zero attached hydrogens (tertiary/aromatic N) is 2. The highest BCUT2D eigenvalue weighted by Gasteiger charge is 2.25. The Morgan fingerprint density at radius 3 is 2.52 bits per heavy atom. The first-order valence-corrected chi connectivity index (χ1v) is 6.28. The third-order valence-electron chi connectivity index (χ3n) is 2.66. The molecule has 8 heteroatoms. The summed E-state index contributed by atoms with van der Waals surface area (Å²) < 4.78 is 0. The number of phenolic OH excluding ortho intramolecular Hbond substituents is 1. The van der Waals surface area contributed by atoms with E-state index in [0.29, 0.717) is 0 Å². The number of nitrogens with two attached hydrogens (primary N) is 1. The van der Waals surface area contributed by atoms with Crippen molar-refractivity contribution in [1.82, 2.24) is 4.90 Å². The Morgan fingerprint density at radius 2 is 2.05 bits per heavy atom. The van der Waals surface area contributed by atoms with Gasteiger partial charge in [0.25, 0.3) is 5.91 Å². The maximum Gasteiger partial charge on any atom is 0.311 e. The SMILES string of the molecule is CC(C)CN(CC(N)=O)C(=O)c1cccc([N+](=O)[O-])c1O. The number of amides is 2. The molecule has 0 fully saturated rings. The van der Waals surface area contributed by atoms with Crippen LogP contribution in [-0.4, -0.2) is 39.8 Å². The molecular formula is C13H17N3O5. The van der Waals surface area contributed by atoms with E-state index in [1.807, 2.05) is 13.8 Å². The number of hydrogen-bond acceptors (Lipinski definition) is 5. The first-order chi connectivity index (χ1) is 9.73. The monoisotopic (exact) mass is 295 g/mol. The number of aromatic hydroxyl groups is 1. The van der Waals surface area contributed by atoms with E-state index < -0.39 is 28.2 Å². The van der Waals surface area contributed by atoms with E-state index >= 15 is 0 Å². The number of hydrogen-bond donors (Lipinski definition) is 2. The summed E-state index contributed by atoms with van der Waals surface area (Å²) in [5, 5.41) is 20.6. The summed E-state index contributed by atoms with van der Waals surface area (Å²) in [6.45, 7) is 3.60. The smallest absolute Gasteiger partial charge is 0.311 e. The van der Waals surface area contributed by atoms with Crippen LogP contribution < -0.4 is 5.73 Å². The maximum absolute atomic E-state index is 12.3. The average Bonchev–Trinajstić information content (AvgIpc) is 2.36. The predicted molar refractivity (Wildman–Crippen MR) is 74.7 cm³/mol. The Morgan fingerprint density at radius 1 is 1.43 bits per heavy atom. The maximum atomic E-state index is 12.3. The van der Waals surface area contributed by atoms with Crippen molar-refractivity contribution in [3.63, 3.8) is 0 Å². The molecule has 0 atom stereocenters. The van der Waals surface area contributed by atoms with Gasteiger partial charge >= 0.3 is 5.69 Å². The molecule has 0 radical (unpaired) electrons. The van der Waals surface area contributed by atoms with E-state index in [9.17, 15) is 24.8 Å². The molecule has 114 valence electrons. The topological polar surface area (TPSA) is 127 Å². The second-order valence-electron chi connectivity index (χ2n) is 4.98. The second-order valence-corrected chi connectivity index (χ2v) is 4.98. The molecule has 1 rings (SSSR count). The number of primary amides is 1. The first-order valence-electron chi connectivity index (χ1n) is 6.28. The van der Waals surface area contributed by atoms with Crippen LogP contribution in [0.25, 0.3) is 0 Å². The number of nitro benzene ring substituents is 1. The van der Waals surface area contributed by atoms with Crippen molar-refractivity contribution >= 4 is 17.5 Å². The van der Waals surface area contributed by atoms with Gasteiger partial charge in [-0.15, -0.1) is 0 Å². The Hall–Kier alpha value is -2.64. The zero-order valence-corrected chi connectivity index (χ0v) is 11.8. The minimum Gasteiger partial charge on any atom is -0.502 e. The predicted octanol–water partition coefficient (Wildman–Crippen LogP) is 0.884. The molecule has 0 heterocycles. The van der Waals surface area contributed by atoms with E-state index in [2.05, 4.69) is 0 Å². The van der Waals surface area contributed by atoms with E-state index in [0.717, 1.165) is 11.0 Å². The van der Waals surface area contributed by atoms with Crippen LogP contribution in [0.4, 0.5) is 5.69 Å². The van der Waals surface area contributed by atoms with Gasteiger partial charge in [-0.2, -0.15) is 0 Å². The minimum atomic E-state index is -0.785. The fraction of sp³-hybridized carbons (Fsp3) is 0.385. The fourth-order valence-electron chi connectivity index (χ4n) is 1.87. The van der Waals surface area contributed by atoms with Gasteiger partial charge < -0.3 is 15.7 Å². The van der Waals surface area contributed by atoms with Crippen LogP contribution in [0, 0.1) is 16.0 Å². The average molecular weight is 295 g/mol. The van der Waals surface area contributed by atoms with Gasteiger partial charge in [0.1, 0.15) is 0 Å². The summed E-state index contributed by atoms with van der Waals surface area (Å²) in [7, 11) is 0. The largest absolute Gasteiger partial charge is 0.502 e. The van der Waals surface area contributed by atoms with Gasteiger partial charge in [0.05, 0.1) is 17.0 Å². The summed E-state index contributed by atoms with van der Waals surface area (Å²) in [4.78, 5) is 34.5. The summed E-state index contributed by atoms with van der Waals surface area (Å²) in [5.74, 6) is -2.03. The van der Waals surface area contributed by atoms with E-state index in [1.54, 1.807) is 0 Å². The molecule has 0 saturated heterocycles. The van der Waals surface area contributed by atoms with Gasteiger partial charge in [-0.3, -0.25) is 19.7 Å². The van der Waals surface area contributed by atoms with Crippen LogP contribution in [0.1, 0.15) is 24.2 Å². The van der Waals surface area contributed by atoms with E-state index in [1.165, 1.54) is 12.1 Å². The molecule has 0 bridgehead atoms. The molecule has 21 heavy (non-hydrogen) atoms. The lowest BCUT2D eigenvalue weighted by atomic mass is 10.1. The van der Waals surface area contributed by atoms with Crippen LogP contribution in [0.15, 0.2) is 18.2 Å². The van der Waals surface area contributed by atoms with E-state index in [4.69, 9.17) is 5.73 Å². The minimum absolute atomic E-state index is 0.0640. The summed E-state index contributed by atoms with van der Waals surface area (Å²) in [5.41, 5.74) is 4.30. The van der Waals surface area contributed by atoms with Crippen LogP contribution >= 0.6 is 0 Å². The van der Waals surface area contributed by atoms with Crippen LogP contribution in [0.5, 0.6) is 5.75 Å². The molecule has 0 unspecified atom stereocenters. The molecule has 0 aromatic heterocycles. The van der Waals surface area contributed by atoms with Crippen molar-refractivity contribution < 1.29 is 19.6 Å². The third kappa shape index (κ3) is 4.16. The van der Waals surface area contributed by atoms with Crippen molar-refractivity contribution in [2.75, 3.05) is 13.1 Å². The molecular weight excluding hydrogens is 278 g/mol. The zero-order valence-electron chi connectivity index (χ0n) is 11.8. The molecule has 0 aliphatic carbocycles. The highest BCUT2D eigenvalue weighted by Crippen LogP contribution is 2.30. The number of para-hydroxylation sites is 1. The molecule has 0 aliphatic rings. The van der Waals surface area contributed by atoms with Crippen molar-refractivity contribution in [1.29, 1.82) is 0 Å². The standard InChI is InChI=1S/C13H17N3O5/c1-8(2)6-15(7-11(14)17)13(19)9-4-3-5-10(12(9)18)16(20)21/h3-5,8,18H,6-7H2,1-2H3,(H2,14,17). The van der Waals surface area contributed by atoms with Crippen LogP contribution in [0.2, 0.25) is 0 Å². The molecule has 1 aromatic rings. The molecule has 3 N–H and O–H groups in total. The normalized spacial score (nSPS) is 10.4. The summed E-state index contributed by atoms with van der Waals surface area (Å²) >= 11 is 0. The first kappa shape index (κ1) is 16.4. The summed E-state index contributed by atoms with van der Waals surface area (Å²) in [6.07, 6.45) is 0. The number of phenols is 1. The van der Waals surface area contributed by atoms with Crippen LogP contribution in [0.3, 0.4) is 0 Å². The van der Waals surface area contributed by atoms with Gasteiger partial charge in [0.2, 0.25) is 11.7 Å². The highest BCUT2D eigenvalue weighted by molar-refractivity contribution is 5.99. The van der Waals surface area contributed by atoms with E-state index in [-0.39, 0.29) is 24.6 Å². The van der Waals surface area contributed by atoms with Crippen LogP contribution in [-0.2, 0) is 4.79 Å². The number of rotatable bonds is 6. The lowest BCUT2D eigenvalue weighted by Gasteiger charge is -2.23. The zero-order chi connectivity index (χ0) is 16.2. The quantitative estimate of drug-likeness (QED) is 0.595. The Kier molecular flexibility index (Phi) is 5.23. The lowest BCUT2D eigenvalue weighted by molar-refractivity contribution is -0.385.